The van der Waals surface area contributed by atoms with E-state index in [0.29, 0.717) is 23.8 Å². The third-order valence-corrected chi connectivity index (χ3v) is 6.39. The van der Waals surface area contributed by atoms with E-state index in [9.17, 15) is 13.2 Å². The molecule has 0 saturated heterocycles. The Morgan fingerprint density at radius 2 is 1.29 bits per heavy atom. The molecule has 0 aromatic heterocycles. The van der Waals surface area contributed by atoms with Gasteiger partial charge in [0.05, 0.1) is 11.9 Å². The Morgan fingerprint density at radius 3 is 1.71 bits per heavy atom. The Bertz CT molecular complexity index is 1060. The van der Waals surface area contributed by atoms with Gasteiger partial charge in [0.2, 0.25) is 15.9 Å². The molecule has 0 aliphatic heterocycles. The van der Waals surface area contributed by atoms with Crippen molar-refractivity contribution in [3.63, 3.8) is 0 Å². The first kappa shape index (κ1) is 22.8. The number of hydrogen-bond acceptors (Lipinski definition) is 3. The summed E-state index contributed by atoms with van der Waals surface area (Å²) >= 11 is 5.96. The predicted octanol–water partition coefficient (Wildman–Crippen LogP) is 4.72. The molecule has 0 spiro atoms. The van der Waals surface area contributed by atoms with Gasteiger partial charge in [-0.2, -0.15) is 0 Å². The minimum Gasteiger partial charge on any atom is -0.332 e. The van der Waals surface area contributed by atoms with E-state index in [-0.39, 0.29) is 5.91 Å². The number of sulfonamides is 1. The van der Waals surface area contributed by atoms with Crippen LogP contribution in [0.3, 0.4) is 0 Å². The Kier molecular flexibility index (Phi) is 7.36. The van der Waals surface area contributed by atoms with Crippen LogP contribution in [0.5, 0.6) is 0 Å². The van der Waals surface area contributed by atoms with Crippen LogP contribution in [0.4, 0.5) is 5.69 Å². The van der Waals surface area contributed by atoms with Crippen LogP contribution >= 0.6 is 11.6 Å². The first-order valence-corrected chi connectivity index (χ1v) is 12.1. The van der Waals surface area contributed by atoms with Gasteiger partial charge in [-0.1, -0.05) is 72.3 Å². The highest BCUT2D eigenvalue weighted by Crippen LogP contribution is 2.24. The van der Waals surface area contributed by atoms with E-state index >= 15 is 0 Å². The maximum absolute atomic E-state index is 13.6. The van der Waals surface area contributed by atoms with Crippen LogP contribution < -0.4 is 4.31 Å². The fourth-order valence-electron chi connectivity index (χ4n) is 3.47. The van der Waals surface area contributed by atoms with E-state index in [1.807, 2.05) is 60.7 Å². The van der Waals surface area contributed by atoms with E-state index in [0.717, 1.165) is 21.7 Å². The molecule has 3 aromatic carbocycles. The lowest BCUT2D eigenvalue weighted by molar-refractivity contribution is -0.133. The second-order valence-electron chi connectivity index (χ2n) is 7.38. The molecule has 0 aliphatic carbocycles. The van der Waals surface area contributed by atoms with Crippen LogP contribution in [-0.2, 0) is 27.9 Å². The molecule has 1 atom stereocenters. The number of halogens is 1. The molecule has 0 saturated carbocycles. The molecule has 1 amide bonds. The molecule has 0 radical (unpaired) electrons. The van der Waals surface area contributed by atoms with E-state index in [1.54, 1.807) is 36.1 Å². The number of rotatable bonds is 8. The lowest BCUT2D eigenvalue weighted by Crippen LogP contribution is -2.49. The third kappa shape index (κ3) is 6.09. The quantitative estimate of drug-likeness (QED) is 0.492. The molecular weight excluding hydrogens is 432 g/mol. The van der Waals surface area contributed by atoms with Crippen molar-refractivity contribution < 1.29 is 13.2 Å². The Labute approximate surface area is 188 Å². The summed E-state index contributed by atoms with van der Waals surface area (Å²) in [6, 6.07) is 24.8. The maximum atomic E-state index is 13.6. The highest BCUT2D eigenvalue weighted by molar-refractivity contribution is 7.92. The molecule has 0 N–H and O–H groups in total. The summed E-state index contributed by atoms with van der Waals surface area (Å²) in [7, 11) is -3.71. The van der Waals surface area contributed by atoms with Gasteiger partial charge in [-0.05, 0) is 42.3 Å². The number of hydrogen-bond donors (Lipinski definition) is 0. The monoisotopic (exact) mass is 456 g/mol. The van der Waals surface area contributed by atoms with Gasteiger partial charge in [-0.25, -0.2) is 8.42 Å². The molecule has 0 aliphatic rings. The van der Waals surface area contributed by atoms with E-state index < -0.39 is 16.1 Å². The first-order chi connectivity index (χ1) is 14.8. The molecule has 162 valence electrons. The molecule has 3 rings (SSSR count). The van der Waals surface area contributed by atoms with Crippen LogP contribution in [-0.4, -0.2) is 31.5 Å². The SMILES string of the molecule is CC(C(=O)N(Cc1ccccc1)Cc1ccccc1)N(c1ccc(Cl)cc1)S(C)(=O)=O. The maximum Gasteiger partial charge on any atom is 0.246 e. The molecule has 0 heterocycles. The summed E-state index contributed by atoms with van der Waals surface area (Å²) in [5.41, 5.74) is 2.33. The topological polar surface area (TPSA) is 57.7 Å². The molecule has 0 bridgehead atoms. The van der Waals surface area contributed by atoms with Gasteiger partial charge < -0.3 is 4.90 Å². The fraction of sp³-hybridized carbons (Fsp3) is 0.208. The largest absolute Gasteiger partial charge is 0.332 e. The first-order valence-electron chi connectivity index (χ1n) is 9.87. The second-order valence-corrected chi connectivity index (χ2v) is 9.67. The molecule has 7 heteroatoms. The highest BCUT2D eigenvalue weighted by atomic mass is 35.5. The third-order valence-electron chi connectivity index (χ3n) is 4.89. The lowest BCUT2D eigenvalue weighted by atomic mass is 10.1. The van der Waals surface area contributed by atoms with Gasteiger partial charge in [0, 0.05) is 18.1 Å². The molecule has 5 nitrogen and oxygen atoms in total. The number of nitrogens with zero attached hydrogens (tertiary/aromatic N) is 2. The van der Waals surface area contributed by atoms with E-state index in [2.05, 4.69) is 0 Å². The van der Waals surface area contributed by atoms with Crippen LogP contribution in [0.2, 0.25) is 5.02 Å². The second kappa shape index (κ2) is 9.98. The van der Waals surface area contributed by atoms with Crippen LogP contribution in [0.25, 0.3) is 0 Å². The summed E-state index contributed by atoms with van der Waals surface area (Å²) in [4.78, 5) is 15.3. The van der Waals surface area contributed by atoms with Crippen molar-refractivity contribution in [1.29, 1.82) is 0 Å². The molecular formula is C24H25ClN2O3S. The van der Waals surface area contributed by atoms with Crippen molar-refractivity contribution >= 4 is 33.2 Å². The van der Waals surface area contributed by atoms with Crippen molar-refractivity contribution in [3.8, 4) is 0 Å². The van der Waals surface area contributed by atoms with Crippen molar-refractivity contribution in [3.05, 3.63) is 101 Å². The average Bonchev–Trinajstić information content (AvgIpc) is 2.75. The van der Waals surface area contributed by atoms with E-state index in [4.69, 9.17) is 11.6 Å². The van der Waals surface area contributed by atoms with Gasteiger partial charge in [-0.3, -0.25) is 9.10 Å². The summed E-state index contributed by atoms with van der Waals surface area (Å²) in [6.45, 7) is 2.36. The number of carbonyl (C=O) groups is 1. The van der Waals surface area contributed by atoms with Gasteiger partial charge >= 0.3 is 0 Å². The molecule has 31 heavy (non-hydrogen) atoms. The van der Waals surface area contributed by atoms with Crippen molar-refractivity contribution in [2.75, 3.05) is 10.6 Å². The smallest absolute Gasteiger partial charge is 0.246 e. The normalized spacial score (nSPS) is 12.2. The molecule has 0 fully saturated rings. The summed E-state index contributed by atoms with van der Waals surface area (Å²) < 4.78 is 26.4. The molecule has 1 unspecified atom stereocenters. The summed E-state index contributed by atoms with van der Waals surface area (Å²) in [5, 5.41) is 0.492. The number of carbonyl (C=O) groups excluding carboxylic acids is 1. The van der Waals surface area contributed by atoms with Crippen LogP contribution in [0.15, 0.2) is 84.9 Å². The zero-order valence-electron chi connectivity index (χ0n) is 17.5. The number of amides is 1. The standard InChI is InChI=1S/C24H25ClN2O3S/c1-19(27(31(2,29)30)23-15-13-22(25)14-16-23)24(28)26(17-20-9-5-3-6-10-20)18-21-11-7-4-8-12-21/h3-16,19H,17-18H2,1-2H3. The van der Waals surface area contributed by atoms with Crippen molar-refractivity contribution in [2.45, 2.75) is 26.1 Å². The Morgan fingerprint density at radius 1 is 0.839 bits per heavy atom. The zero-order valence-corrected chi connectivity index (χ0v) is 19.1. The number of benzene rings is 3. The Hall–Kier alpha value is -2.83. The zero-order chi connectivity index (χ0) is 22.4. The van der Waals surface area contributed by atoms with Gasteiger partial charge in [0.1, 0.15) is 6.04 Å². The summed E-state index contributed by atoms with van der Waals surface area (Å²) in [5.74, 6) is -0.284. The lowest BCUT2D eigenvalue weighted by Gasteiger charge is -2.33. The Balaban J connectivity index is 1.94. The fourth-order valence-corrected chi connectivity index (χ4v) is 4.77. The van der Waals surface area contributed by atoms with Crippen LogP contribution in [0, 0.1) is 0 Å². The number of anilines is 1. The minimum absolute atomic E-state index is 0.284. The average molecular weight is 457 g/mol. The summed E-state index contributed by atoms with van der Waals surface area (Å²) in [6.07, 6.45) is 1.10. The molecule has 3 aromatic rings. The van der Waals surface area contributed by atoms with E-state index in [1.165, 1.54) is 0 Å². The van der Waals surface area contributed by atoms with Gasteiger partial charge in [0.25, 0.3) is 0 Å². The van der Waals surface area contributed by atoms with Crippen molar-refractivity contribution in [2.24, 2.45) is 0 Å². The highest BCUT2D eigenvalue weighted by Gasteiger charge is 2.32. The predicted molar refractivity (Wildman–Crippen MR) is 125 cm³/mol. The van der Waals surface area contributed by atoms with Gasteiger partial charge in [-0.15, -0.1) is 0 Å². The van der Waals surface area contributed by atoms with Crippen LogP contribution in [0.1, 0.15) is 18.1 Å². The minimum atomic E-state index is -3.71. The van der Waals surface area contributed by atoms with Gasteiger partial charge in [0.15, 0.2) is 0 Å². The van der Waals surface area contributed by atoms with Crippen molar-refractivity contribution in [1.82, 2.24) is 4.90 Å².